The van der Waals surface area contributed by atoms with Crippen LogP contribution in [-0.2, 0) is 6.61 Å². The summed E-state index contributed by atoms with van der Waals surface area (Å²) in [5.74, 6) is 0.604. The van der Waals surface area contributed by atoms with Gasteiger partial charge in [-0.05, 0) is 36.2 Å². The molecule has 94 valence electrons. The summed E-state index contributed by atoms with van der Waals surface area (Å²) >= 11 is 3.40. The Morgan fingerprint density at radius 2 is 2.00 bits per heavy atom. The minimum absolute atomic E-state index is 0.0111. The lowest BCUT2D eigenvalue weighted by atomic mass is 10.1. The third-order valence-electron chi connectivity index (χ3n) is 2.58. The maximum Gasteiger partial charge on any atom is 0.213 e. The van der Waals surface area contributed by atoms with E-state index in [4.69, 9.17) is 10.5 Å². The van der Waals surface area contributed by atoms with Gasteiger partial charge in [0.05, 0.1) is 0 Å². The van der Waals surface area contributed by atoms with Crippen LogP contribution in [0.2, 0.25) is 0 Å². The van der Waals surface area contributed by atoms with Crippen molar-refractivity contribution < 1.29 is 4.74 Å². The maximum absolute atomic E-state index is 5.82. The van der Waals surface area contributed by atoms with E-state index in [2.05, 4.69) is 20.9 Å². The zero-order valence-corrected chi connectivity index (χ0v) is 11.7. The van der Waals surface area contributed by atoms with Crippen molar-refractivity contribution in [2.24, 2.45) is 5.73 Å². The van der Waals surface area contributed by atoms with E-state index >= 15 is 0 Å². The van der Waals surface area contributed by atoms with Crippen LogP contribution in [0.5, 0.6) is 5.88 Å². The molecule has 0 aliphatic carbocycles. The molecule has 0 radical (unpaired) electrons. The molecule has 0 aliphatic heterocycles. The second-order valence-corrected chi connectivity index (χ2v) is 5.05. The summed E-state index contributed by atoms with van der Waals surface area (Å²) in [5.41, 5.74) is 7.94. The molecule has 18 heavy (non-hydrogen) atoms. The van der Waals surface area contributed by atoms with Gasteiger partial charge >= 0.3 is 0 Å². The third-order valence-corrected chi connectivity index (χ3v) is 3.11. The Labute approximate surface area is 115 Å². The van der Waals surface area contributed by atoms with Crippen molar-refractivity contribution in [2.45, 2.75) is 19.6 Å². The highest BCUT2D eigenvalue weighted by Gasteiger charge is 2.02. The number of benzene rings is 1. The predicted molar refractivity (Wildman–Crippen MR) is 75.3 cm³/mol. The fraction of sp³-hybridized carbons (Fsp3) is 0.214. The van der Waals surface area contributed by atoms with Crippen LogP contribution in [0.1, 0.15) is 24.1 Å². The molecular formula is C14H15BrN2O. The smallest absolute Gasteiger partial charge is 0.213 e. The lowest BCUT2D eigenvalue weighted by molar-refractivity contribution is 0.293. The third kappa shape index (κ3) is 3.55. The zero-order chi connectivity index (χ0) is 13.0. The Morgan fingerprint density at radius 1 is 1.28 bits per heavy atom. The van der Waals surface area contributed by atoms with Gasteiger partial charge in [0, 0.05) is 22.8 Å². The molecule has 0 bridgehead atoms. The van der Waals surface area contributed by atoms with Crippen molar-refractivity contribution in [3.63, 3.8) is 0 Å². The van der Waals surface area contributed by atoms with Crippen molar-refractivity contribution in [1.82, 2.24) is 4.98 Å². The summed E-state index contributed by atoms with van der Waals surface area (Å²) in [6, 6.07) is 11.8. The van der Waals surface area contributed by atoms with Gasteiger partial charge in [-0.2, -0.15) is 0 Å². The minimum Gasteiger partial charge on any atom is -0.473 e. The van der Waals surface area contributed by atoms with Gasteiger partial charge in [-0.15, -0.1) is 0 Å². The summed E-state index contributed by atoms with van der Waals surface area (Å²) in [7, 11) is 0. The molecule has 0 amide bonds. The number of nitrogens with zero attached hydrogens (tertiary/aromatic N) is 1. The molecule has 2 rings (SSSR count). The van der Waals surface area contributed by atoms with E-state index in [1.54, 1.807) is 6.20 Å². The standard InChI is InChI=1S/C14H15BrN2O/c1-10(16)12-6-7-17-14(8-12)18-9-11-2-4-13(15)5-3-11/h2-8,10H,9,16H2,1H3/t10-/m1/s1. The van der Waals surface area contributed by atoms with E-state index in [0.717, 1.165) is 15.6 Å². The number of halogens is 1. The van der Waals surface area contributed by atoms with Gasteiger partial charge < -0.3 is 10.5 Å². The van der Waals surface area contributed by atoms with Crippen molar-refractivity contribution in [2.75, 3.05) is 0 Å². The largest absolute Gasteiger partial charge is 0.473 e. The van der Waals surface area contributed by atoms with E-state index in [9.17, 15) is 0 Å². The Bertz CT molecular complexity index is 511. The second kappa shape index (κ2) is 5.98. The Kier molecular flexibility index (Phi) is 4.33. The van der Waals surface area contributed by atoms with Crippen LogP contribution < -0.4 is 10.5 Å². The number of nitrogens with two attached hydrogens (primary N) is 1. The highest BCUT2D eigenvalue weighted by molar-refractivity contribution is 9.10. The van der Waals surface area contributed by atoms with E-state index in [1.807, 2.05) is 43.3 Å². The zero-order valence-electron chi connectivity index (χ0n) is 10.1. The molecule has 0 spiro atoms. The van der Waals surface area contributed by atoms with Gasteiger partial charge in [0.15, 0.2) is 0 Å². The SMILES string of the molecule is C[C@@H](N)c1ccnc(OCc2ccc(Br)cc2)c1. The number of rotatable bonds is 4. The lowest BCUT2D eigenvalue weighted by Crippen LogP contribution is -2.06. The number of aromatic nitrogens is 1. The van der Waals surface area contributed by atoms with Crippen molar-refractivity contribution in [1.29, 1.82) is 0 Å². The topological polar surface area (TPSA) is 48.1 Å². The van der Waals surface area contributed by atoms with Gasteiger partial charge in [0.1, 0.15) is 6.61 Å². The molecule has 3 nitrogen and oxygen atoms in total. The summed E-state index contributed by atoms with van der Waals surface area (Å²) in [5, 5.41) is 0. The van der Waals surface area contributed by atoms with E-state index < -0.39 is 0 Å². The first kappa shape index (κ1) is 13.1. The monoisotopic (exact) mass is 306 g/mol. The fourth-order valence-corrected chi connectivity index (χ4v) is 1.79. The van der Waals surface area contributed by atoms with Crippen LogP contribution in [0.4, 0.5) is 0 Å². The average Bonchev–Trinajstić information content (AvgIpc) is 2.38. The fourth-order valence-electron chi connectivity index (χ4n) is 1.52. The minimum atomic E-state index is -0.0111. The van der Waals surface area contributed by atoms with Crippen LogP contribution >= 0.6 is 15.9 Å². The highest BCUT2D eigenvalue weighted by Crippen LogP contribution is 2.16. The molecule has 1 atom stereocenters. The Hall–Kier alpha value is -1.39. The van der Waals surface area contributed by atoms with Gasteiger partial charge in [-0.25, -0.2) is 4.98 Å². The molecule has 1 heterocycles. The molecule has 1 aromatic heterocycles. The molecular weight excluding hydrogens is 292 g/mol. The molecule has 4 heteroatoms. The highest BCUT2D eigenvalue weighted by atomic mass is 79.9. The predicted octanol–water partition coefficient (Wildman–Crippen LogP) is 3.44. The molecule has 0 unspecified atom stereocenters. The van der Waals surface area contributed by atoms with Gasteiger partial charge in [0.25, 0.3) is 0 Å². The first-order chi connectivity index (χ1) is 8.65. The number of ether oxygens (including phenoxy) is 1. The lowest BCUT2D eigenvalue weighted by Gasteiger charge is -2.09. The number of hydrogen-bond acceptors (Lipinski definition) is 3. The van der Waals surface area contributed by atoms with Gasteiger partial charge in [0.2, 0.25) is 5.88 Å². The Morgan fingerprint density at radius 3 is 2.67 bits per heavy atom. The number of hydrogen-bond donors (Lipinski definition) is 1. The van der Waals surface area contributed by atoms with Gasteiger partial charge in [-0.3, -0.25) is 0 Å². The first-order valence-electron chi connectivity index (χ1n) is 5.74. The quantitative estimate of drug-likeness (QED) is 0.941. The van der Waals surface area contributed by atoms with Crippen molar-refractivity contribution in [3.05, 3.63) is 58.2 Å². The normalized spacial score (nSPS) is 12.2. The van der Waals surface area contributed by atoms with E-state index in [0.29, 0.717) is 12.5 Å². The van der Waals surface area contributed by atoms with Gasteiger partial charge in [-0.1, -0.05) is 28.1 Å². The number of pyridine rings is 1. The molecule has 0 aliphatic rings. The summed E-state index contributed by atoms with van der Waals surface area (Å²) < 4.78 is 6.70. The maximum atomic E-state index is 5.82. The summed E-state index contributed by atoms with van der Waals surface area (Å²) in [4.78, 5) is 4.17. The molecule has 0 saturated heterocycles. The van der Waals surface area contributed by atoms with Crippen LogP contribution in [-0.4, -0.2) is 4.98 Å². The van der Waals surface area contributed by atoms with E-state index in [1.165, 1.54) is 0 Å². The average molecular weight is 307 g/mol. The molecule has 0 saturated carbocycles. The summed E-state index contributed by atoms with van der Waals surface area (Å²) in [6.45, 7) is 2.44. The summed E-state index contributed by atoms with van der Waals surface area (Å²) in [6.07, 6.45) is 1.72. The first-order valence-corrected chi connectivity index (χ1v) is 6.53. The second-order valence-electron chi connectivity index (χ2n) is 4.13. The Balaban J connectivity index is 2.01. The van der Waals surface area contributed by atoms with Crippen molar-refractivity contribution >= 4 is 15.9 Å². The van der Waals surface area contributed by atoms with E-state index in [-0.39, 0.29) is 6.04 Å². The molecule has 2 aromatic rings. The van der Waals surface area contributed by atoms with Crippen LogP contribution in [0, 0.1) is 0 Å². The van der Waals surface area contributed by atoms with Crippen molar-refractivity contribution in [3.8, 4) is 5.88 Å². The van der Waals surface area contributed by atoms with Crippen LogP contribution in [0.3, 0.4) is 0 Å². The molecule has 0 fully saturated rings. The molecule has 2 N–H and O–H groups in total. The van der Waals surface area contributed by atoms with Crippen LogP contribution in [0.25, 0.3) is 0 Å². The molecule has 1 aromatic carbocycles. The van der Waals surface area contributed by atoms with Crippen LogP contribution in [0.15, 0.2) is 47.1 Å².